The maximum absolute atomic E-state index is 9.85. The maximum atomic E-state index is 9.85. The van der Waals surface area contributed by atoms with Gasteiger partial charge in [-0.25, -0.2) is 0 Å². The Labute approximate surface area is 148 Å². The first-order valence-electron chi connectivity index (χ1n) is 8.46. The summed E-state index contributed by atoms with van der Waals surface area (Å²) >= 11 is 0. The Morgan fingerprint density at radius 2 is 1.56 bits per heavy atom. The zero-order chi connectivity index (χ0) is 17.4. The van der Waals surface area contributed by atoms with E-state index in [1.54, 1.807) is 12.1 Å². The molecule has 1 unspecified atom stereocenters. The summed E-state index contributed by atoms with van der Waals surface area (Å²) in [4.78, 5) is 0. The molecule has 1 atom stereocenters. The Bertz CT molecular complexity index is 938. The third-order valence-corrected chi connectivity index (χ3v) is 4.75. The highest BCUT2D eigenvalue weighted by Gasteiger charge is 2.29. The van der Waals surface area contributed by atoms with Crippen LogP contribution in [-0.4, -0.2) is 5.11 Å². The lowest BCUT2D eigenvalue weighted by molar-refractivity contribution is 0.259. The lowest BCUT2D eigenvalue weighted by Gasteiger charge is -2.31. The normalized spacial score (nSPS) is 16.3. The van der Waals surface area contributed by atoms with Crippen molar-refractivity contribution in [2.24, 2.45) is 0 Å². The summed E-state index contributed by atoms with van der Waals surface area (Å²) < 4.78 is 6.36. The number of phenolic OH excluding ortho intramolecular Hbond substituents is 1. The Balaban J connectivity index is 1.93. The van der Waals surface area contributed by atoms with E-state index in [2.05, 4.69) is 50.2 Å². The van der Waals surface area contributed by atoms with Crippen molar-refractivity contribution in [2.75, 3.05) is 0 Å². The minimum atomic E-state index is -0.197. The zero-order valence-corrected chi connectivity index (χ0v) is 14.4. The SMILES string of the molecule is CC1=C(c2ccccc2)C(c2ccc(C)cc2)Oc2cc(O)ccc21. The molecule has 0 fully saturated rings. The van der Waals surface area contributed by atoms with Crippen molar-refractivity contribution in [1.29, 1.82) is 0 Å². The van der Waals surface area contributed by atoms with Crippen LogP contribution in [0.4, 0.5) is 0 Å². The molecule has 1 aliphatic rings. The molecule has 1 N–H and O–H groups in total. The third-order valence-electron chi connectivity index (χ3n) is 4.75. The molecular weight excluding hydrogens is 308 g/mol. The standard InChI is InChI=1S/C23H20O2/c1-15-8-10-18(11-9-15)23-22(17-6-4-3-5-7-17)16(2)20-13-12-19(24)14-21(20)25-23/h3-14,23-24H,1-2H3. The number of hydrogen-bond acceptors (Lipinski definition) is 2. The lowest BCUT2D eigenvalue weighted by atomic mass is 9.86. The van der Waals surface area contributed by atoms with Gasteiger partial charge in [-0.05, 0) is 42.7 Å². The number of aryl methyl sites for hydroxylation is 1. The fraction of sp³-hybridized carbons (Fsp3) is 0.130. The molecule has 3 aromatic carbocycles. The van der Waals surface area contributed by atoms with Crippen molar-refractivity contribution in [3.8, 4) is 11.5 Å². The number of fused-ring (bicyclic) bond motifs is 1. The molecule has 25 heavy (non-hydrogen) atoms. The quantitative estimate of drug-likeness (QED) is 0.647. The molecular formula is C23H20O2. The summed E-state index contributed by atoms with van der Waals surface area (Å²) in [6, 6.07) is 24.1. The van der Waals surface area contributed by atoms with Crippen LogP contribution in [0.2, 0.25) is 0 Å². The van der Waals surface area contributed by atoms with Gasteiger partial charge >= 0.3 is 0 Å². The Morgan fingerprint density at radius 1 is 0.840 bits per heavy atom. The zero-order valence-electron chi connectivity index (χ0n) is 14.4. The van der Waals surface area contributed by atoms with Crippen LogP contribution in [0.3, 0.4) is 0 Å². The van der Waals surface area contributed by atoms with Gasteiger partial charge in [0.05, 0.1) is 0 Å². The number of aromatic hydroxyl groups is 1. The van der Waals surface area contributed by atoms with Crippen LogP contribution in [0.15, 0.2) is 72.8 Å². The summed E-state index contributed by atoms with van der Waals surface area (Å²) in [6.07, 6.45) is -0.197. The molecule has 0 saturated heterocycles. The molecule has 0 bridgehead atoms. The van der Waals surface area contributed by atoms with Crippen molar-refractivity contribution in [2.45, 2.75) is 20.0 Å². The van der Waals surface area contributed by atoms with Crippen LogP contribution in [0.5, 0.6) is 11.5 Å². The van der Waals surface area contributed by atoms with E-state index in [9.17, 15) is 5.11 Å². The fourth-order valence-electron chi connectivity index (χ4n) is 3.41. The molecule has 1 aliphatic heterocycles. The maximum Gasteiger partial charge on any atom is 0.150 e. The van der Waals surface area contributed by atoms with Crippen molar-refractivity contribution in [3.63, 3.8) is 0 Å². The van der Waals surface area contributed by atoms with E-state index in [0.29, 0.717) is 0 Å². The lowest BCUT2D eigenvalue weighted by Crippen LogP contribution is -2.16. The van der Waals surface area contributed by atoms with Crippen molar-refractivity contribution < 1.29 is 9.84 Å². The Kier molecular flexibility index (Phi) is 3.81. The van der Waals surface area contributed by atoms with E-state index >= 15 is 0 Å². The molecule has 4 rings (SSSR count). The van der Waals surface area contributed by atoms with Crippen LogP contribution < -0.4 is 4.74 Å². The second kappa shape index (κ2) is 6.14. The van der Waals surface area contributed by atoms with Crippen molar-refractivity contribution in [3.05, 3.63) is 95.1 Å². The van der Waals surface area contributed by atoms with Gasteiger partial charge in [-0.15, -0.1) is 0 Å². The minimum Gasteiger partial charge on any atom is -0.508 e. The second-order valence-electron chi connectivity index (χ2n) is 6.49. The van der Waals surface area contributed by atoms with E-state index in [1.807, 2.05) is 24.3 Å². The summed E-state index contributed by atoms with van der Waals surface area (Å²) in [5.74, 6) is 0.945. The van der Waals surface area contributed by atoms with Gasteiger partial charge in [0.25, 0.3) is 0 Å². The van der Waals surface area contributed by atoms with E-state index in [1.165, 1.54) is 16.7 Å². The second-order valence-corrected chi connectivity index (χ2v) is 6.49. The van der Waals surface area contributed by atoms with Gasteiger partial charge < -0.3 is 9.84 Å². The molecule has 2 nitrogen and oxygen atoms in total. The Morgan fingerprint density at radius 3 is 2.28 bits per heavy atom. The highest BCUT2D eigenvalue weighted by Crippen LogP contribution is 2.47. The molecule has 0 amide bonds. The van der Waals surface area contributed by atoms with Crippen LogP contribution in [0, 0.1) is 6.92 Å². The first kappa shape index (κ1) is 15.5. The van der Waals surface area contributed by atoms with Gasteiger partial charge in [0.1, 0.15) is 17.6 Å². The highest BCUT2D eigenvalue weighted by molar-refractivity contribution is 5.95. The van der Waals surface area contributed by atoms with Gasteiger partial charge in [-0.2, -0.15) is 0 Å². The van der Waals surface area contributed by atoms with Gasteiger partial charge in [-0.1, -0.05) is 60.2 Å². The van der Waals surface area contributed by atoms with Gasteiger partial charge in [0, 0.05) is 17.2 Å². The van der Waals surface area contributed by atoms with Crippen LogP contribution in [0.25, 0.3) is 11.1 Å². The molecule has 0 saturated carbocycles. The van der Waals surface area contributed by atoms with Crippen LogP contribution in [-0.2, 0) is 0 Å². The molecule has 0 radical (unpaired) electrons. The molecule has 0 aromatic heterocycles. The summed E-state index contributed by atoms with van der Waals surface area (Å²) in [5.41, 5.74) is 6.86. The first-order valence-corrected chi connectivity index (χ1v) is 8.46. The van der Waals surface area contributed by atoms with Crippen LogP contribution in [0.1, 0.15) is 35.3 Å². The number of ether oxygens (including phenoxy) is 1. The monoisotopic (exact) mass is 328 g/mol. The number of rotatable bonds is 2. The van der Waals surface area contributed by atoms with Gasteiger partial charge in [0.15, 0.2) is 0 Å². The predicted octanol–water partition coefficient (Wildman–Crippen LogP) is 5.77. The molecule has 0 spiro atoms. The Hall–Kier alpha value is -3.00. The van der Waals surface area contributed by atoms with Gasteiger partial charge in [-0.3, -0.25) is 0 Å². The fourth-order valence-corrected chi connectivity index (χ4v) is 3.41. The van der Waals surface area contributed by atoms with E-state index in [-0.39, 0.29) is 11.9 Å². The number of phenols is 1. The van der Waals surface area contributed by atoms with E-state index < -0.39 is 0 Å². The van der Waals surface area contributed by atoms with Crippen LogP contribution >= 0.6 is 0 Å². The predicted molar refractivity (Wildman–Crippen MR) is 102 cm³/mol. The minimum absolute atomic E-state index is 0.197. The summed E-state index contributed by atoms with van der Waals surface area (Å²) in [7, 11) is 0. The molecule has 1 heterocycles. The first-order chi connectivity index (χ1) is 12.1. The smallest absolute Gasteiger partial charge is 0.150 e. The number of hydrogen-bond donors (Lipinski definition) is 1. The summed E-state index contributed by atoms with van der Waals surface area (Å²) in [5, 5.41) is 9.85. The van der Waals surface area contributed by atoms with Crippen molar-refractivity contribution >= 4 is 11.1 Å². The average molecular weight is 328 g/mol. The molecule has 3 aromatic rings. The summed E-state index contributed by atoms with van der Waals surface area (Å²) in [6.45, 7) is 4.21. The largest absolute Gasteiger partial charge is 0.508 e. The molecule has 124 valence electrons. The molecule has 0 aliphatic carbocycles. The molecule has 2 heteroatoms. The highest BCUT2D eigenvalue weighted by atomic mass is 16.5. The topological polar surface area (TPSA) is 29.5 Å². The third kappa shape index (κ3) is 2.80. The number of benzene rings is 3. The average Bonchev–Trinajstić information content (AvgIpc) is 2.62. The van der Waals surface area contributed by atoms with Gasteiger partial charge in [0.2, 0.25) is 0 Å². The van der Waals surface area contributed by atoms with Crippen molar-refractivity contribution in [1.82, 2.24) is 0 Å². The van der Waals surface area contributed by atoms with E-state index in [0.717, 1.165) is 22.4 Å². The van der Waals surface area contributed by atoms with E-state index in [4.69, 9.17) is 4.74 Å². The number of allylic oxidation sites excluding steroid dienone is 1.